The summed E-state index contributed by atoms with van der Waals surface area (Å²) in [7, 11) is 3.25. The van der Waals surface area contributed by atoms with Gasteiger partial charge in [0.2, 0.25) is 0 Å². The second-order valence-corrected chi connectivity index (χ2v) is 7.42. The average Bonchev–Trinajstić information content (AvgIpc) is 2.84. The van der Waals surface area contributed by atoms with Gasteiger partial charge < -0.3 is 14.2 Å². The van der Waals surface area contributed by atoms with Crippen molar-refractivity contribution in [2.75, 3.05) is 27.4 Å². The van der Waals surface area contributed by atoms with Crippen LogP contribution in [0.25, 0.3) is 11.3 Å². The first-order chi connectivity index (χ1) is 15.7. The van der Waals surface area contributed by atoms with Crippen molar-refractivity contribution in [3.63, 3.8) is 0 Å². The molecule has 1 heterocycles. The van der Waals surface area contributed by atoms with E-state index >= 15 is 0 Å². The molecule has 3 aromatic rings. The predicted molar refractivity (Wildman–Crippen MR) is 126 cm³/mol. The van der Waals surface area contributed by atoms with Crippen LogP contribution in [-0.2, 0) is 11.2 Å². The lowest BCUT2D eigenvalue weighted by Crippen LogP contribution is -2.36. The number of ether oxygens (including phenoxy) is 3. The number of nitrogens with zero attached hydrogens (tertiary/aromatic N) is 1. The maximum absolute atomic E-state index is 13.1. The number of carbonyl (C=O) groups is 1. The minimum absolute atomic E-state index is 0.313. The van der Waals surface area contributed by atoms with Crippen molar-refractivity contribution >= 4 is 17.4 Å². The van der Waals surface area contributed by atoms with E-state index in [4.69, 9.17) is 14.2 Å². The molecule has 32 heavy (non-hydrogen) atoms. The van der Waals surface area contributed by atoms with Gasteiger partial charge in [-0.05, 0) is 42.2 Å². The van der Waals surface area contributed by atoms with E-state index in [1.807, 2.05) is 55.5 Å². The van der Waals surface area contributed by atoms with Gasteiger partial charge in [0, 0.05) is 17.7 Å². The van der Waals surface area contributed by atoms with Crippen molar-refractivity contribution in [3.8, 4) is 11.5 Å². The summed E-state index contributed by atoms with van der Waals surface area (Å²) in [6.07, 6.45) is 0.335. The third kappa shape index (κ3) is 4.06. The van der Waals surface area contributed by atoms with Crippen LogP contribution >= 0.6 is 0 Å². The average molecular weight is 430 g/mol. The van der Waals surface area contributed by atoms with Crippen LogP contribution in [0.1, 0.15) is 29.2 Å². The van der Waals surface area contributed by atoms with Crippen LogP contribution in [0.4, 0.5) is 4.79 Å². The molecule has 0 N–H and O–H groups in total. The molecule has 0 unspecified atom stereocenters. The van der Waals surface area contributed by atoms with E-state index in [9.17, 15) is 4.79 Å². The minimum atomic E-state index is -0.354. The van der Waals surface area contributed by atoms with Crippen LogP contribution < -0.4 is 9.47 Å². The van der Waals surface area contributed by atoms with Crippen molar-refractivity contribution in [1.82, 2.24) is 4.90 Å². The lowest BCUT2D eigenvalue weighted by atomic mass is 9.87. The van der Waals surface area contributed by atoms with Crippen LogP contribution in [0, 0.1) is 0 Å². The first-order valence-corrected chi connectivity index (χ1v) is 10.7. The molecule has 0 fully saturated rings. The third-order valence-electron chi connectivity index (χ3n) is 5.59. The highest BCUT2D eigenvalue weighted by Gasteiger charge is 2.32. The van der Waals surface area contributed by atoms with Crippen molar-refractivity contribution in [3.05, 3.63) is 95.1 Å². The molecular formula is C27H27NO4. The zero-order chi connectivity index (χ0) is 22.5. The van der Waals surface area contributed by atoms with Crippen molar-refractivity contribution in [2.24, 2.45) is 0 Å². The highest BCUT2D eigenvalue weighted by Crippen LogP contribution is 2.42. The number of hydrogen-bond acceptors (Lipinski definition) is 4. The molecule has 1 aliphatic rings. The molecule has 0 bridgehead atoms. The Morgan fingerprint density at radius 2 is 1.44 bits per heavy atom. The second-order valence-electron chi connectivity index (χ2n) is 7.42. The first kappa shape index (κ1) is 21.5. The maximum atomic E-state index is 13.1. The van der Waals surface area contributed by atoms with E-state index in [1.54, 1.807) is 19.1 Å². The number of carbonyl (C=O) groups excluding carboxylic acids is 1. The Balaban J connectivity index is 2.07. The molecule has 0 aromatic heterocycles. The molecule has 0 spiro atoms. The summed E-state index contributed by atoms with van der Waals surface area (Å²) in [5, 5.41) is 0. The Kier molecular flexibility index (Phi) is 6.45. The van der Waals surface area contributed by atoms with E-state index in [1.165, 1.54) is 0 Å². The summed E-state index contributed by atoms with van der Waals surface area (Å²) in [5.41, 5.74) is 5.85. The monoisotopic (exact) mass is 429 g/mol. The lowest BCUT2D eigenvalue weighted by molar-refractivity contribution is 0.125. The molecular weight excluding hydrogens is 402 g/mol. The summed E-state index contributed by atoms with van der Waals surface area (Å²) >= 11 is 0. The van der Waals surface area contributed by atoms with Crippen molar-refractivity contribution in [2.45, 2.75) is 13.3 Å². The lowest BCUT2D eigenvalue weighted by Gasteiger charge is -2.34. The van der Waals surface area contributed by atoms with Gasteiger partial charge in [0.1, 0.15) is 0 Å². The number of amides is 1. The molecule has 0 atom stereocenters. The molecule has 0 saturated carbocycles. The van der Waals surface area contributed by atoms with Crippen LogP contribution in [0.15, 0.2) is 72.8 Å². The summed E-state index contributed by atoms with van der Waals surface area (Å²) in [6, 6.07) is 24.2. The molecule has 1 aliphatic heterocycles. The Morgan fingerprint density at radius 1 is 0.875 bits per heavy atom. The smallest absolute Gasteiger partial charge is 0.414 e. The van der Waals surface area contributed by atoms with Gasteiger partial charge in [0.25, 0.3) is 0 Å². The third-order valence-corrected chi connectivity index (χ3v) is 5.59. The standard InChI is InChI=1S/C27H27NO4/c1-4-32-27(29)28-16-15-21-17-23(30-2)24(31-3)18-22(21)26(28)25(19-11-7-5-8-12-19)20-13-9-6-10-14-20/h5-14,17-18H,4,15-16H2,1-3H3. The Bertz CT molecular complexity index is 1080. The zero-order valence-corrected chi connectivity index (χ0v) is 18.6. The van der Waals surface area contributed by atoms with Crippen molar-refractivity contribution in [1.29, 1.82) is 0 Å². The summed E-state index contributed by atoms with van der Waals surface area (Å²) in [4.78, 5) is 14.8. The molecule has 5 nitrogen and oxygen atoms in total. The SMILES string of the molecule is CCOC(=O)N1CCc2cc(OC)c(OC)cc2C1=C(c1ccccc1)c1ccccc1. The van der Waals surface area contributed by atoms with Gasteiger partial charge in [0.05, 0.1) is 26.5 Å². The Labute approximate surface area is 188 Å². The van der Waals surface area contributed by atoms with Gasteiger partial charge in [-0.1, -0.05) is 60.7 Å². The second kappa shape index (κ2) is 9.60. The zero-order valence-electron chi connectivity index (χ0n) is 18.6. The van der Waals surface area contributed by atoms with Gasteiger partial charge in [0.15, 0.2) is 11.5 Å². The van der Waals surface area contributed by atoms with E-state index in [2.05, 4.69) is 24.3 Å². The topological polar surface area (TPSA) is 48.0 Å². The van der Waals surface area contributed by atoms with Crippen LogP contribution in [0.2, 0.25) is 0 Å². The molecule has 0 radical (unpaired) electrons. The molecule has 0 saturated heterocycles. The number of hydrogen-bond donors (Lipinski definition) is 0. The van der Waals surface area contributed by atoms with E-state index in [0.717, 1.165) is 33.5 Å². The number of benzene rings is 3. The highest BCUT2D eigenvalue weighted by atomic mass is 16.6. The molecule has 5 heteroatoms. The minimum Gasteiger partial charge on any atom is -0.493 e. The number of methoxy groups -OCH3 is 2. The predicted octanol–water partition coefficient (Wildman–Crippen LogP) is 5.64. The van der Waals surface area contributed by atoms with Gasteiger partial charge in [-0.15, -0.1) is 0 Å². The summed E-state index contributed by atoms with van der Waals surface area (Å²) in [5.74, 6) is 1.30. The van der Waals surface area contributed by atoms with E-state index in [0.29, 0.717) is 31.1 Å². The van der Waals surface area contributed by atoms with Crippen LogP contribution in [0.3, 0.4) is 0 Å². The van der Waals surface area contributed by atoms with Crippen LogP contribution in [0.5, 0.6) is 11.5 Å². The van der Waals surface area contributed by atoms with Crippen molar-refractivity contribution < 1.29 is 19.0 Å². The van der Waals surface area contributed by atoms with E-state index < -0.39 is 0 Å². The summed E-state index contributed by atoms with van der Waals surface area (Å²) < 4.78 is 16.6. The Morgan fingerprint density at radius 3 is 1.97 bits per heavy atom. The normalized spacial score (nSPS) is 12.7. The van der Waals surface area contributed by atoms with Gasteiger partial charge in [-0.25, -0.2) is 4.79 Å². The Hall–Kier alpha value is -3.73. The molecule has 1 amide bonds. The number of rotatable bonds is 5. The molecule has 4 rings (SSSR count). The first-order valence-electron chi connectivity index (χ1n) is 10.7. The fourth-order valence-corrected chi connectivity index (χ4v) is 4.14. The maximum Gasteiger partial charge on any atom is 0.414 e. The van der Waals surface area contributed by atoms with Gasteiger partial charge in [-0.3, -0.25) is 4.90 Å². The summed E-state index contributed by atoms with van der Waals surface area (Å²) in [6.45, 7) is 2.65. The largest absolute Gasteiger partial charge is 0.493 e. The fraction of sp³-hybridized carbons (Fsp3) is 0.222. The highest BCUT2D eigenvalue weighted by molar-refractivity contribution is 6.03. The molecule has 0 aliphatic carbocycles. The van der Waals surface area contributed by atoms with Crippen LogP contribution in [-0.4, -0.2) is 38.4 Å². The quantitative estimate of drug-likeness (QED) is 0.527. The van der Waals surface area contributed by atoms with Gasteiger partial charge in [-0.2, -0.15) is 0 Å². The molecule has 164 valence electrons. The molecule has 3 aromatic carbocycles. The van der Waals surface area contributed by atoms with Gasteiger partial charge >= 0.3 is 6.09 Å². The number of fused-ring (bicyclic) bond motifs is 1. The van der Waals surface area contributed by atoms with E-state index in [-0.39, 0.29) is 6.09 Å². The fourth-order valence-electron chi connectivity index (χ4n) is 4.14.